The Bertz CT molecular complexity index is 205. The Labute approximate surface area is 59.3 Å². The van der Waals surface area contributed by atoms with Crippen LogP contribution in [-0.2, 0) is 0 Å². The highest BCUT2D eigenvalue weighted by Crippen LogP contribution is 2.10. The molecule has 0 saturated carbocycles. The molecule has 0 aliphatic carbocycles. The van der Waals surface area contributed by atoms with E-state index < -0.39 is 6.10 Å². The number of hydrogen-bond donors (Lipinski definition) is 3. The Hall–Kier alpha value is -0.800. The summed E-state index contributed by atoms with van der Waals surface area (Å²) in [6, 6.07) is 3.43. The van der Waals surface area contributed by atoms with Crippen LogP contribution < -0.4 is 0 Å². The van der Waals surface area contributed by atoms with Crippen LogP contribution in [-0.4, -0.2) is 15.2 Å². The van der Waals surface area contributed by atoms with Crippen molar-refractivity contribution in [3.8, 4) is 0 Å². The average Bonchev–Trinajstić information content (AvgIpc) is 2.34. The van der Waals surface area contributed by atoms with Crippen LogP contribution in [0.2, 0.25) is 0 Å². The van der Waals surface area contributed by atoms with E-state index in [0.717, 1.165) is 6.61 Å². The van der Waals surface area contributed by atoms with E-state index in [1.807, 2.05) is 0 Å². The molecule has 0 fully saturated rings. The SMILES string of the molecule is CC(O)c1ccc([CH]O)[nH]1. The molecule has 55 valence electrons. The summed E-state index contributed by atoms with van der Waals surface area (Å²) < 4.78 is 0. The molecule has 0 amide bonds. The number of aromatic amines is 1. The molecule has 3 nitrogen and oxygen atoms in total. The average molecular weight is 140 g/mol. The minimum absolute atomic E-state index is 0.506. The van der Waals surface area contributed by atoms with E-state index in [-0.39, 0.29) is 0 Å². The van der Waals surface area contributed by atoms with Crippen LogP contribution in [0.3, 0.4) is 0 Å². The second-order valence-corrected chi connectivity index (χ2v) is 2.17. The van der Waals surface area contributed by atoms with Crippen molar-refractivity contribution in [2.75, 3.05) is 0 Å². The minimum Gasteiger partial charge on any atom is -0.387 e. The zero-order valence-electron chi connectivity index (χ0n) is 5.70. The van der Waals surface area contributed by atoms with Crippen molar-refractivity contribution in [2.24, 2.45) is 0 Å². The molecule has 10 heavy (non-hydrogen) atoms. The first-order valence-corrected chi connectivity index (χ1v) is 3.08. The smallest absolute Gasteiger partial charge is 0.125 e. The highest BCUT2D eigenvalue weighted by molar-refractivity contribution is 5.18. The van der Waals surface area contributed by atoms with Gasteiger partial charge in [0.15, 0.2) is 0 Å². The van der Waals surface area contributed by atoms with Crippen LogP contribution in [0.15, 0.2) is 12.1 Å². The Balaban J connectivity index is 2.78. The summed E-state index contributed by atoms with van der Waals surface area (Å²) in [7, 11) is 0. The molecule has 1 heterocycles. The molecule has 0 bridgehead atoms. The molecule has 3 heteroatoms. The number of aliphatic hydroxyl groups excluding tert-OH is 2. The van der Waals surface area contributed by atoms with Gasteiger partial charge in [-0.05, 0) is 19.1 Å². The summed E-state index contributed by atoms with van der Waals surface area (Å²) in [5.74, 6) is 0. The van der Waals surface area contributed by atoms with Crippen LogP contribution in [0.25, 0.3) is 0 Å². The van der Waals surface area contributed by atoms with Crippen molar-refractivity contribution >= 4 is 0 Å². The van der Waals surface area contributed by atoms with Gasteiger partial charge >= 0.3 is 0 Å². The van der Waals surface area contributed by atoms with Crippen molar-refractivity contribution < 1.29 is 10.2 Å². The van der Waals surface area contributed by atoms with E-state index in [4.69, 9.17) is 10.2 Å². The van der Waals surface area contributed by atoms with E-state index in [1.165, 1.54) is 0 Å². The topological polar surface area (TPSA) is 56.2 Å². The second kappa shape index (κ2) is 2.86. The fourth-order valence-corrected chi connectivity index (χ4v) is 0.749. The molecule has 3 N–H and O–H groups in total. The molecule has 0 saturated heterocycles. The van der Waals surface area contributed by atoms with Crippen LogP contribution in [0.4, 0.5) is 0 Å². The molecule has 1 rings (SSSR count). The lowest BCUT2D eigenvalue weighted by molar-refractivity contribution is 0.195. The van der Waals surface area contributed by atoms with Crippen molar-refractivity contribution in [3.05, 3.63) is 30.1 Å². The lowest BCUT2D eigenvalue weighted by Gasteiger charge is -1.98. The quantitative estimate of drug-likeness (QED) is 0.572. The molecule has 0 aromatic carbocycles. The van der Waals surface area contributed by atoms with Gasteiger partial charge in [-0.25, -0.2) is 0 Å². The van der Waals surface area contributed by atoms with Gasteiger partial charge in [0.05, 0.1) is 6.10 Å². The summed E-state index contributed by atoms with van der Waals surface area (Å²) in [6.45, 7) is 2.62. The van der Waals surface area contributed by atoms with Crippen LogP contribution in [0, 0.1) is 6.61 Å². The first kappa shape index (κ1) is 7.31. The van der Waals surface area contributed by atoms with Gasteiger partial charge in [-0.2, -0.15) is 0 Å². The molecule has 0 aliphatic rings. The number of rotatable bonds is 2. The molecule has 1 atom stereocenters. The Morgan fingerprint density at radius 3 is 2.60 bits per heavy atom. The highest BCUT2D eigenvalue weighted by Gasteiger charge is 2.02. The predicted molar refractivity (Wildman–Crippen MR) is 36.8 cm³/mol. The van der Waals surface area contributed by atoms with Crippen LogP contribution >= 0.6 is 0 Å². The minimum atomic E-state index is -0.506. The second-order valence-electron chi connectivity index (χ2n) is 2.17. The van der Waals surface area contributed by atoms with Gasteiger partial charge in [0.1, 0.15) is 6.61 Å². The molecular formula is C7H10NO2. The summed E-state index contributed by atoms with van der Waals surface area (Å²) >= 11 is 0. The molecule has 1 radical (unpaired) electrons. The number of aliphatic hydroxyl groups is 2. The maximum absolute atomic E-state index is 9.01. The highest BCUT2D eigenvalue weighted by atomic mass is 16.3. The summed E-state index contributed by atoms with van der Waals surface area (Å²) in [4.78, 5) is 2.81. The normalized spacial score (nSPS) is 13.5. The predicted octanol–water partition coefficient (Wildman–Crippen LogP) is 0.950. The fraction of sp³-hybridized carbons (Fsp3) is 0.286. The monoisotopic (exact) mass is 140 g/mol. The van der Waals surface area contributed by atoms with E-state index in [0.29, 0.717) is 11.4 Å². The summed E-state index contributed by atoms with van der Waals surface area (Å²) in [5.41, 5.74) is 1.32. The van der Waals surface area contributed by atoms with E-state index >= 15 is 0 Å². The Morgan fingerprint density at radius 1 is 1.60 bits per heavy atom. The van der Waals surface area contributed by atoms with Crippen LogP contribution in [0.1, 0.15) is 24.4 Å². The van der Waals surface area contributed by atoms with Gasteiger partial charge in [0.25, 0.3) is 0 Å². The summed E-state index contributed by atoms with van der Waals surface area (Å²) in [6.07, 6.45) is -0.506. The lowest BCUT2D eigenvalue weighted by Crippen LogP contribution is -1.90. The molecule has 1 aromatic heterocycles. The Kier molecular flexibility index (Phi) is 2.09. The zero-order chi connectivity index (χ0) is 7.56. The number of nitrogens with one attached hydrogen (secondary N) is 1. The molecule has 0 spiro atoms. The van der Waals surface area contributed by atoms with Crippen LogP contribution in [0.5, 0.6) is 0 Å². The van der Waals surface area contributed by atoms with Crippen molar-refractivity contribution in [2.45, 2.75) is 13.0 Å². The summed E-state index contributed by atoms with van der Waals surface area (Å²) in [5, 5.41) is 17.5. The Morgan fingerprint density at radius 2 is 2.30 bits per heavy atom. The third-order valence-electron chi connectivity index (χ3n) is 1.32. The lowest BCUT2D eigenvalue weighted by atomic mass is 10.3. The van der Waals surface area contributed by atoms with Gasteiger partial charge in [-0.3, -0.25) is 0 Å². The molecule has 1 aromatic rings. The third-order valence-corrected chi connectivity index (χ3v) is 1.32. The van der Waals surface area contributed by atoms with Gasteiger partial charge in [-0.1, -0.05) is 0 Å². The fourth-order valence-electron chi connectivity index (χ4n) is 0.749. The molecular weight excluding hydrogens is 130 g/mol. The maximum Gasteiger partial charge on any atom is 0.125 e. The number of H-pyrrole nitrogens is 1. The van der Waals surface area contributed by atoms with Gasteiger partial charge in [-0.15, -0.1) is 0 Å². The van der Waals surface area contributed by atoms with Crippen molar-refractivity contribution in [3.63, 3.8) is 0 Å². The third kappa shape index (κ3) is 1.37. The largest absolute Gasteiger partial charge is 0.387 e. The molecule has 1 unspecified atom stereocenters. The van der Waals surface area contributed by atoms with Gasteiger partial charge in [0.2, 0.25) is 0 Å². The van der Waals surface area contributed by atoms with Gasteiger partial charge in [0, 0.05) is 11.4 Å². The number of aromatic nitrogens is 1. The maximum atomic E-state index is 9.01. The zero-order valence-corrected chi connectivity index (χ0v) is 5.70. The molecule has 0 aliphatic heterocycles. The van der Waals surface area contributed by atoms with E-state index in [9.17, 15) is 0 Å². The first-order chi connectivity index (χ1) is 4.74. The standard InChI is InChI=1S/C7H10NO2/c1-5(10)7-3-2-6(4-9)8-7/h2-5,8-10H,1H3. The number of hydrogen-bond acceptors (Lipinski definition) is 2. The van der Waals surface area contributed by atoms with Gasteiger partial charge < -0.3 is 15.2 Å². The van der Waals surface area contributed by atoms with E-state index in [1.54, 1.807) is 19.1 Å². The first-order valence-electron chi connectivity index (χ1n) is 3.08. The van der Waals surface area contributed by atoms with Crippen molar-refractivity contribution in [1.29, 1.82) is 0 Å². The van der Waals surface area contributed by atoms with E-state index in [2.05, 4.69) is 4.98 Å². The van der Waals surface area contributed by atoms with Crippen molar-refractivity contribution in [1.82, 2.24) is 4.98 Å².